The van der Waals surface area contributed by atoms with E-state index in [1.807, 2.05) is 60.7 Å². The van der Waals surface area contributed by atoms with Crippen LogP contribution in [0.25, 0.3) is 78.0 Å². The molecule has 0 N–H and O–H groups in total. The number of para-hydroxylation sites is 2. The van der Waals surface area contributed by atoms with E-state index in [1.165, 1.54) is 0 Å². The third-order valence-electron chi connectivity index (χ3n) is 7.49. The third kappa shape index (κ3) is 4.05. The van der Waals surface area contributed by atoms with E-state index in [1.54, 1.807) is 0 Å². The first-order valence-corrected chi connectivity index (χ1v) is 13.6. The van der Waals surface area contributed by atoms with Gasteiger partial charge in [-0.15, -0.1) is 0 Å². The van der Waals surface area contributed by atoms with Crippen LogP contribution in [0.5, 0.6) is 0 Å². The number of fused-ring (bicyclic) bond motifs is 4. The second kappa shape index (κ2) is 9.54. The normalized spacial score (nSPS) is 11.4. The van der Waals surface area contributed by atoms with Crippen LogP contribution in [-0.4, -0.2) is 15.0 Å². The van der Waals surface area contributed by atoms with Crippen LogP contribution in [0.2, 0.25) is 0 Å². The molecule has 0 radical (unpaired) electrons. The number of hydrogen-bond donors (Lipinski definition) is 0. The van der Waals surface area contributed by atoms with Gasteiger partial charge in [-0.05, 0) is 41.5 Å². The van der Waals surface area contributed by atoms with Gasteiger partial charge in [0.2, 0.25) is 0 Å². The van der Waals surface area contributed by atoms with Gasteiger partial charge in [0.25, 0.3) is 0 Å². The second-order valence-electron chi connectivity index (χ2n) is 10.1. The van der Waals surface area contributed by atoms with Crippen molar-refractivity contribution >= 4 is 33.0 Å². The van der Waals surface area contributed by atoms with E-state index in [-0.39, 0.29) is 0 Å². The van der Waals surface area contributed by atoms with Crippen LogP contribution < -0.4 is 0 Å². The molecule has 0 bridgehead atoms. The summed E-state index contributed by atoms with van der Waals surface area (Å²) in [5, 5.41) is 1.93. The molecular formula is C37H23N3O. The zero-order valence-electron chi connectivity index (χ0n) is 22.0. The number of furan rings is 1. The van der Waals surface area contributed by atoms with Crippen LogP contribution in [0, 0.1) is 0 Å². The largest absolute Gasteiger partial charge is 0.454 e. The van der Waals surface area contributed by atoms with Crippen molar-refractivity contribution in [3.63, 3.8) is 0 Å². The summed E-state index contributed by atoms with van der Waals surface area (Å²) in [5.74, 6) is 0.606. The number of pyridine rings is 1. The molecule has 8 aromatic rings. The van der Waals surface area contributed by atoms with Crippen LogP contribution in [0.15, 0.2) is 144 Å². The first-order valence-electron chi connectivity index (χ1n) is 13.6. The average molecular weight is 526 g/mol. The van der Waals surface area contributed by atoms with Crippen molar-refractivity contribution in [1.29, 1.82) is 0 Å². The maximum Gasteiger partial charge on any atom is 0.165 e. The number of hydrogen-bond acceptors (Lipinski definition) is 4. The predicted molar refractivity (Wildman–Crippen MR) is 166 cm³/mol. The molecule has 0 atom stereocenters. The molecule has 0 saturated carbocycles. The molecule has 4 nitrogen and oxygen atoms in total. The van der Waals surface area contributed by atoms with Gasteiger partial charge in [-0.2, -0.15) is 0 Å². The lowest BCUT2D eigenvalue weighted by molar-refractivity contribution is 0.669. The van der Waals surface area contributed by atoms with Crippen molar-refractivity contribution in [2.75, 3.05) is 0 Å². The van der Waals surface area contributed by atoms with Crippen molar-refractivity contribution in [2.45, 2.75) is 0 Å². The highest BCUT2D eigenvalue weighted by atomic mass is 16.3. The monoisotopic (exact) mass is 525 g/mol. The molecule has 192 valence electrons. The fraction of sp³-hybridized carbons (Fsp3) is 0. The number of rotatable bonds is 4. The van der Waals surface area contributed by atoms with Gasteiger partial charge in [0.05, 0.1) is 22.5 Å². The average Bonchev–Trinajstić information content (AvgIpc) is 3.42. The Balaban J connectivity index is 1.43. The van der Waals surface area contributed by atoms with Gasteiger partial charge >= 0.3 is 0 Å². The van der Waals surface area contributed by atoms with Crippen molar-refractivity contribution in [1.82, 2.24) is 15.0 Å². The molecule has 0 saturated heterocycles. The van der Waals surface area contributed by atoms with Gasteiger partial charge in [0.1, 0.15) is 11.1 Å². The molecule has 0 unspecified atom stereocenters. The topological polar surface area (TPSA) is 51.8 Å². The number of aromatic nitrogens is 3. The van der Waals surface area contributed by atoms with Gasteiger partial charge in [0, 0.05) is 21.9 Å². The van der Waals surface area contributed by atoms with E-state index < -0.39 is 0 Å². The minimum atomic E-state index is 0.606. The SMILES string of the molecule is c1ccc(-c2cccc(-c3cc(-c4ccccc4)nc(-c4c5ccccc5nc5c4oc4ccccc45)n3)c2)cc1. The molecular weight excluding hydrogens is 502 g/mol. The molecule has 3 heterocycles. The van der Waals surface area contributed by atoms with Crippen LogP contribution in [0.1, 0.15) is 0 Å². The first-order chi connectivity index (χ1) is 20.3. The Morgan fingerprint density at radius 3 is 1.85 bits per heavy atom. The fourth-order valence-corrected chi connectivity index (χ4v) is 5.51. The summed E-state index contributed by atoms with van der Waals surface area (Å²) in [6.07, 6.45) is 0. The Hall–Kier alpha value is -5.61. The standard InChI is InChI=1S/C37H23N3O/c1-3-12-24(13-4-1)26-16-11-17-27(22-26)32-23-31(25-14-5-2-6-15-25)39-37(40-32)34-28-18-7-9-20-30(28)38-35-29-19-8-10-21-33(29)41-36(34)35/h1-23H. The molecule has 41 heavy (non-hydrogen) atoms. The quantitative estimate of drug-likeness (QED) is 0.230. The molecule has 8 rings (SSSR count). The summed E-state index contributed by atoms with van der Waals surface area (Å²) in [5.41, 5.74) is 10.1. The van der Waals surface area contributed by atoms with E-state index in [0.717, 1.165) is 66.6 Å². The van der Waals surface area contributed by atoms with E-state index in [4.69, 9.17) is 19.4 Å². The van der Waals surface area contributed by atoms with Crippen LogP contribution in [0.4, 0.5) is 0 Å². The summed E-state index contributed by atoms with van der Waals surface area (Å²) in [6.45, 7) is 0. The van der Waals surface area contributed by atoms with E-state index >= 15 is 0 Å². The summed E-state index contributed by atoms with van der Waals surface area (Å²) < 4.78 is 6.47. The maximum atomic E-state index is 6.47. The van der Waals surface area contributed by atoms with Gasteiger partial charge < -0.3 is 4.42 Å². The van der Waals surface area contributed by atoms with Crippen molar-refractivity contribution in [3.05, 3.63) is 140 Å². The van der Waals surface area contributed by atoms with Gasteiger partial charge in [-0.1, -0.05) is 109 Å². The highest BCUT2D eigenvalue weighted by Crippen LogP contribution is 2.39. The first kappa shape index (κ1) is 23.3. The maximum absolute atomic E-state index is 6.47. The summed E-state index contributed by atoms with van der Waals surface area (Å²) in [7, 11) is 0. The Morgan fingerprint density at radius 1 is 0.439 bits per heavy atom. The lowest BCUT2D eigenvalue weighted by Gasteiger charge is -2.12. The molecule has 4 heteroatoms. The minimum absolute atomic E-state index is 0.606. The van der Waals surface area contributed by atoms with Crippen molar-refractivity contribution in [3.8, 4) is 45.0 Å². The lowest BCUT2D eigenvalue weighted by Crippen LogP contribution is -1.98. The molecule has 0 aliphatic carbocycles. The van der Waals surface area contributed by atoms with Gasteiger partial charge in [-0.25, -0.2) is 15.0 Å². The molecule has 0 fully saturated rings. The smallest absolute Gasteiger partial charge is 0.165 e. The summed E-state index contributed by atoms with van der Waals surface area (Å²) in [4.78, 5) is 15.4. The highest BCUT2D eigenvalue weighted by molar-refractivity contribution is 6.14. The molecule has 0 spiro atoms. The highest BCUT2D eigenvalue weighted by Gasteiger charge is 2.21. The van der Waals surface area contributed by atoms with E-state index in [9.17, 15) is 0 Å². The zero-order valence-corrected chi connectivity index (χ0v) is 22.0. The fourth-order valence-electron chi connectivity index (χ4n) is 5.51. The Kier molecular flexibility index (Phi) is 5.42. The van der Waals surface area contributed by atoms with Crippen molar-refractivity contribution < 1.29 is 4.42 Å². The Labute approximate surface area is 236 Å². The Morgan fingerprint density at radius 2 is 1.05 bits per heavy atom. The lowest BCUT2D eigenvalue weighted by atomic mass is 10.00. The Bertz CT molecular complexity index is 2200. The van der Waals surface area contributed by atoms with Gasteiger partial charge in [-0.3, -0.25) is 0 Å². The van der Waals surface area contributed by atoms with E-state index in [2.05, 4.69) is 78.9 Å². The van der Waals surface area contributed by atoms with Crippen LogP contribution in [-0.2, 0) is 0 Å². The number of nitrogens with zero attached hydrogens (tertiary/aromatic N) is 3. The van der Waals surface area contributed by atoms with Crippen molar-refractivity contribution in [2.24, 2.45) is 0 Å². The number of benzene rings is 5. The third-order valence-corrected chi connectivity index (χ3v) is 7.49. The van der Waals surface area contributed by atoms with Crippen LogP contribution in [0.3, 0.4) is 0 Å². The zero-order chi connectivity index (χ0) is 27.2. The molecule has 0 aliphatic rings. The summed E-state index contributed by atoms with van der Waals surface area (Å²) >= 11 is 0. The molecule has 0 amide bonds. The molecule has 5 aromatic carbocycles. The van der Waals surface area contributed by atoms with Crippen LogP contribution >= 0.6 is 0 Å². The second-order valence-corrected chi connectivity index (χ2v) is 10.1. The molecule has 3 aromatic heterocycles. The molecule has 0 aliphatic heterocycles. The predicted octanol–water partition coefficient (Wildman–Crippen LogP) is 9.59. The summed E-state index contributed by atoms with van der Waals surface area (Å²) in [6, 6.07) is 47.4. The van der Waals surface area contributed by atoms with E-state index in [0.29, 0.717) is 11.4 Å². The van der Waals surface area contributed by atoms with Gasteiger partial charge in [0.15, 0.2) is 11.4 Å². The minimum Gasteiger partial charge on any atom is -0.454 e.